The third-order valence-electron chi connectivity index (χ3n) is 8.76. The molecule has 0 bridgehead atoms. The monoisotopic (exact) mass is 378 g/mol. The molecule has 4 nitrogen and oxygen atoms in total. The molecule has 1 saturated heterocycles. The van der Waals surface area contributed by atoms with E-state index in [4.69, 9.17) is 9.47 Å². The van der Waals surface area contributed by atoms with E-state index in [-0.39, 0.29) is 28.5 Å². The van der Waals surface area contributed by atoms with Gasteiger partial charge in [0.25, 0.3) is 0 Å². The van der Waals surface area contributed by atoms with Crippen molar-refractivity contribution in [2.45, 2.75) is 97.7 Å². The van der Waals surface area contributed by atoms with E-state index in [2.05, 4.69) is 33.8 Å². The Balaban J connectivity index is 1.67. The maximum atomic E-state index is 11.1. The van der Waals surface area contributed by atoms with Crippen molar-refractivity contribution in [2.75, 3.05) is 6.61 Å². The Bertz CT molecular complexity index is 638. The summed E-state index contributed by atoms with van der Waals surface area (Å²) in [5.74, 6) is 0.233. The van der Waals surface area contributed by atoms with Crippen LogP contribution in [0.5, 0.6) is 0 Å². The standard InChI is InChI=1S/C23H38O4/c1-20(2)17-11-16(24)14-12-22(5,19-13-26-21(3,4)27-19)9-7-15(14)23(17,6)10-8-18(20)25/h12,15-19,24-25H,7-11,13H2,1-6H3/t15?,16-,17+,18+,19-,22-,23-/m0/s1. The average molecular weight is 379 g/mol. The van der Waals surface area contributed by atoms with Crippen LogP contribution in [0.2, 0.25) is 0 Å². The van der Waals surface area contributed by atoms with Crippen LogP contribution in [0.4, 0.5) is 0 Å². The molecule has 3 fully saturated rings. The van der Waals surface area contributed by atoms with Gasteiger partial charge in [0.1, 0.15) is 0 Å². The van der Waals surface area contributed by atoms with Crippen molar-refractivity contribution in [1.82, 2.24) is 0 Å². The first-order valence-electron chi connectivity index (χ1n) is 10.8. The molecule has 7 atom stereocenters. The first-order chi connectivity index (χ1) is 12.4. The molecule has 0 aromatic carbocycles. The smallest absolute Gasteiger partial charge is 0.163 e. The van der Waals surface area contributed by atoms with E-state index >= 15 is 0 Å². The number of rotatable bonds is 1. The number of fused-ring (bicyclic) bond motifs is 3. The molecule has 154 valence electrons. The molecule has 4 aliphatic rings. The van der Waals surface area contributed by atoms with E-state index in [0.29, 0.717) is 18.4 Å². The second-order valence-corrected chi connectivity index (χ2v) is 11.2. The van der Waals surface area contributed by atoms with Gasteiger partial charge in [-0.1, -0.05) is 33.8 Å². The van der Waals surface area contributed by atoms with Gasteiger partial charge < -0.3 is 19.7 Å². The second kappa shape index (κ2) is 6.04. The highest BCUT2D eigenvalue weighted by molar-refractivity contribution is 5.29. The molecule has 4 heteroatoms. The third kappa shape index (κ3) is 2.94. The summed E-state index contributed by atoms with van der Waals surface area (Å²) in [6.07, 6.45) is 6.52. The van der Waals surface area contributed by atoms with Crippen LogP contribution in [0.25, 0.3) is 0 Å². The van der Waals surface area contributed by atoms with Crippen molar-refractivity contribution in [1.29, 1.82) is 0 Å². The van der Waals surface area contributed by atoms with Gasteiger partial charge in [0.05, 0.1) is 24.9 Å². The van der Waals surface area contributed by atoms with Crippen molar-refractivity contribution in [3.63, 3.8) is 0 Å². The topological polar surface area (TPSA) is 58.9 Å². The summed E-state index contributed by atoms with van der Waals surface area (Å²) >= 11 is 0. The zero-order valence-corrected chi connectivity index (χ0v) is 17.9. The largest absolute Gasteiger partial charge is 0.393 e. The second-order valence-electron chi connectivity index (χ2n) is 11.2. The molecule has 4 rings (SSSR count). The van der Waals surface area contributed by atoms with Gasteiger partial charge in [-0.15, -0.1) is 0 Å². The van der Waals surface area contributed by atoms with Crippen molar-refractivity contribution < 1.29 is 19.7 Å². The van der Waals surface area contributed by atoms with Crippen LogP contribution in [0.15, 0.2) is 11.6 Å². The lowest BCUT2D eigenvalue weighted by Gasteiger charge is -2.62. The molecule has 0 spiro atoms. The lowest BCUT2D eigenvalue weighted by atomic mass is 9.44. The zero-order chi connectivity index (χ0) is 19.8. The summed E-state index contributed by atoms with van der Waals surface area (Å²) in [6.45, 7) is 13.6. The van der Waals surface area contributed by atoms with E-state index in [0.717, 1.165) is 32.1 Å². The molecule has 1 aliphatic heterocycles. The van der Waals surface area contributed by atoms with Gasteiger partial charge in [0.2, 0.25) is 0 Å². The minimum atomic E-state index is -0.519. The summed E-state index contributed by atoms with van der Waals surface area (Å²) in [5, 5.41) is 21.8. The van der Waals surface area contributed by atoms with Crippen LogP contribution in [0.3, 0.4) is 0 Å². The van der Waals surface area contributed by atoms with Crippen LogP contribution < -0.4 is 0 Å². The molecule has 0 aromatic heterocycles. The van der Waals surface area contributed by atoms with Gasteiger partial charge in [0, 0.05) is 5.41 Å². The molecule has 27 heavy (non-hydrogen) atoms. The van der Waals surface area contributed by atoms with Crippen molar-refractivity contribution in [3.05, 3.63) is 11.6 Å². The van der Waals surface area contributed by atoms with Gasteiger partial charge in [-0.05, 0) is 74.2 Å². The lowest BCUT2D eigenvalue weighted by Crippen LogP contribution is -2.58. The fraction of sp³-hybridized carbons (Fsp3) is 0.913. The Kier molecular flexibility index (Phi) is 4.45. The number of hydrogen-bond donors (Lipinski definition) is 2. The lowest BCUT2D eigenvalue weighted by molar-refractivity contribution is -0.157. The molecule has 1 heterocycles. The Morgan fingerprint density at radius 2 is 1.70 bits per heavy atom. The fourth-order valence-corrected chi connectivity index (χ4v) is 6.91. The van der Waals surface area contributed by atoms with Crippen LogP contribution >= 0.6 is 0 Å². The Labute approximate surface area is 164 Å². The SMILES string of the molecule is CC1(C)OC[C@@H]([C@]2(C)C=C3C(CC2)[C@]2(C)CC[C@@H](O)C(C)(C)[C@H]2C[C@@H]3O)O1. The normalized spacial score (nSPS) is 51.3. The van der Waals surface area contributed by atoms with E-state index < -0.39 is 11.9 Å². The number of ether oxygens (including phenoxy) is 2. The zero-order valence-electron chi connectivity index (χ0n) is 17.9. The Morgan fingerprint density at radius 1 is 1.00 bits per heavy atom. The van der Waals surface area contributed by atoms with Crippen molar-refractivity contribution in [3.8, 4) is 0 Å². The van der Waals surface area contributed by atoms with E-state index in [9.17, 15) is 10.2 Å². The van der Waals surface area contributed by atoms with Gasteiger partial charge >= 0.3 is 0 Å². The van der Waals surface area contributed by atoms with Gasteiger partial charge in [0.15, 0.2) is 5.79 Å². The first-order valence-corrected chi connectivity index (χ1v) is 10.8. The first kappa shape index (κ1) is 19.9. The van der Waals surface area contributed by atoms with Crippen LogP contribution in [-0.4, -0.2) is 40.9 Å². The van der Waals surface area contributed by atoms with Crippen molar-refractivity contribution >= 4 is 0 Å². The van der Waals surface area contributed by atoms with Crippen LogP contribution in [0.1, 0.15) is 73.6 Å². The highest BCUT2D eigenvalue weighted by Gasteiger charge is 2.59. The Hall–Kier alpha value is -0.420. The van der Waals surface area contributed by atoms with Gasteiger partial charge in [-0.25, -0.2) is 0 Å². The molecule has 1 unspecified atom stereocenters. The molecule has 2 N–H and O–H groups in total. The molecular weight excluding hydrogens is 340 g/mol. The minimum Gasteiger partial charge on any atom is -0.393 e. The summed E-state index contributed by atoms with van der Waals surface area (Å²) in [7, 11) is 0. The predicted molar refractivity (Wildman–Crippen MR) is 105 cm³/mol. The molecule has 0 amide bonds. The van der Waals surface area contributed by atoms with Crippen LogP contribution in [-0.2, 0) is 9.47 Å². The molecule has 3 aliphatic carbocycles. The highest BCUT2D eigenvalue weighted by atomic mass is 16.7. The minimum absolute atomic E-state index is 0.0447. The van der Waals surface area contributed by atoms with E-state index in [1.54, 1.807) is 0 Å². The quantitative estimate of drug-likeness (QED) is 0.676. The third-order valence-corrected chi connectivity index (χ3v) is 8.76. The summed E-state index contributed by atoms with van der Waals surface area (Å²) < 4.78 is 12.0. The highest BCUT2D eigenvalue weighted by Crippen LogP contribution is 2.64. The predicted octanol–water partition coefficient (Wildman–Crippen LogP) is 4.05. The molecule has 0 radical (unpaired) electrons. The number of aliphatic hydroxyl groups is 2. The number of aliphatic hydroxyl groups excluding tert-OH is 2. The van der Waals surface area contributed by atoms with E-state index in [1.165, 1.54) is 5.57 Å². The fourth-order valence-electron chi connectivity index (χ4n) is 6.91. The van der Waals surface area contributed by atoms with Crippen LogP contribution in [0, 0.1) is 28.1 Å². The maximum Gasteiger partial charge on any atom is 0.163 e. The summed E-state index contributed by atoms with van der Waals surface area (Å²) in [5.41, 5.74) is 1.14. The maximum absolute atomic E-state index is 11.1. The summed E-state index contributed by atoms with van der Waals surface area (Å²) in [4.78, 5) is 0. The molecular formula is C23H38O4. The molecule has 0 aromatic rings. The molecule has 2 saturated carbocycles. The van der Waals surface area contributed by atoms with E-state index in [1.807, 2.05) is 13.8 Å². The van der Waals surface area contributed by atoms with Gasteiger partial charge in [-0.2, -0.15) is 0 Å². The average Bonchev–Trinajstić information content (AvgIpc) is 2.95. The van der Waals surface area contributed by atoms with Gasteiger partial charge in [-0.3, -0.25) is 0 Å². The Morgan fingerprint density at radius 3 is 2.33 bits per heavy atom. The summed E-state index contributed by atoms with van der Waals surface area (Å²) in [6, 6.07) is 0. The number of hydrogen-bond acceptors (Lipinski definition) is 4. The van der Waals surface area contributed by atoms with Crippen molar-refractivity contribution in [2.24, 2.45) is 28.1 Å².